The summed E-state index contributed by atoms with van der Waals surface area (Å²) in [6, 6.07) is 19.9. The molecule has 0 aliphatic carbocycles. The quantitative estimate of drug-likeness (QED) is 0.566. The summed E-state index contributed by atoms with van der Waals surface area (Å²) in [4.78, 5) is 13.2. The van der Waals surface area contributed by atoms with Crippen LogP contribution in [0.3, 0.4) is 0 Å². The first kappa shape index (κ1) is 22.0. The molecule has 1 atom stereocenters. The van der Waals surface area contributed by atoms with E-state index in [4.69, 9.17) is 11.6 Å². The van der Waals surface area contributed by atoms with E-state index in [2.05, 4.69) is 10.0 Å². The van der Waals surface area contributed by atoms with Gasteiger partial charge in [0.2, 0.25) is 15.9 Å². The maximum Gasteiger partial charge on any atom is 0.242 e. The Hall–Kier alpha value is -2.67. The zero-order valence-electron chi connectivity index (χ0n) is 16.7. The lowest BCUT2D eigenvalue weighted by Crippen LogP contribution is -2.45. The maximum atomic E-state index is 13.1. The molecule has 0 aliphatic rings. The van der Waals surface area contributed by atoms with Crippen LogP contribution in [0, 0.1) is 13.8 Å². The highest BCUT2D eigenvalue weighted by Crippen LogP contribution is 2.21. The van der Waals surface area contributed by atoms with Crippen LogP contribution >= 0.6 is 11.6 Å². The van der Waals surface area contributed by atoms with Gasteiger partial charge in [-0.1, -0.05) is 65.7 Å². The van der Waals surface area contributed by atoms with Crippen molar-refractivity contribution in [2.24, 2.45) is 0 Å². The van der Waals surface area contributed by atoms with Crippen LogP contribution < -0.4 is 10.0 Å². The minimum absolute atomic E-state index is 0.109. The Balaban J connectivity index is 1.88. The monoisotopic (exact) mass is 442 g/mol. The summed E-state index contributed by atoms with van der Waals surface area (Å²) < 4.78 is 28.4. The Bertz CT molecular complexity index is 1130. The molecule has 5 nitrogen and oxygen atoms in total. The van der Waals surface area contributed by atoms with Gasteiger partial charge in [0.05, 0.1) is 4.90 Å². The van der Waals surface area contributed by atoms with Gasteiger partial charge >= 0.3 is 0 Å². The molecule has 7 heteroatoms. The first-order valence-corrected chi connectivity index (χ1v) is 11.3. The van der Waals surface area contributed by atoms with E-state index in [1.54, 1.807) is 30.3 Å². The molecule has 0 spiro atoms. The Kier molecular flexibility index (Phi) is 6.92. The van der Waals surface area contributed by atoms with Gasteiger partial charge in [0.25, 0.3) is 0 Å². The highest BCUT2D eigenvalue weighted by molar-refractivity contribution is 7.89. The van der Waals surface area contributed by atoms with E-state index < -0.39 is 22.0 Å². The van der Waals surface area contributed by atoms with Crippen molar-refractivity contribution in [3.8, 4) is 0 Å². The van der Waals surface area contributed by atoms with E-state index in [0.29, 0.717) is 10.7 Å². The molecule has 0 radical (unpaired) electrons. The molecule has 30 heavy (non-hydrogen) atoms. The van der Waals surface area contributed by atoms with Gasteiger partial charge in [-0.25, -0.2) is 8.42 Å². The second-order valence-electron chi connectivity index (χ2n) is 7.13. The largest absolute Gasteiger partial charge is 0.324 e. The van der Waals surface area contributed by atoms with E-state index in [-0.39, 0.29) is 11.3 Å². The van der Waals surface area contributed by atoms with Crippen molar-refractivity contribution in [3.05, 3.63) is 94.5 Å². The van der Waals surface area contributed by atoms with E-state index in [1.165, 1.54) is 12.1 Å². The molecule has 0 saturated heterocycles. The highest BCUT2D eigenvalue weighted by atomic mass is 35.5. The second kappa shape index (κ2) is 9.43. The molecule has 3 aromatic rings. The lowest BCUT2D eigenvalue weighted by molar-refractivity contribution is -0.117. The molecule has 3 rings (SSSR count). The molecule has 0 saturated carbocycles. The van der Waals surface area contributed by atoms with Crippen LogP contribution in [0.5, 0.6) is 0 Å². The number of amides is 1. The fourth-order valence-corrected chi connectivity index (χ4v) is 4.33. The van der Waals surface area contributed by atoms with Crippen molar-refractivity contribution in [2.75, 3.05) is 5.32 Å². The third-order valence-electron chi connectivity index (χ3n) is 4.69. The summed E-state index contributed by atoms with van der Waals surface area (Å²) >= 11 is 6.05. The lowest BCUT2D eigenvalue weighted by atomic mass is 10.1. The summed E-state index contributed by atoms with van der Waals surface area (Å²) in [5.41, 5.74) is 3.16. The van der Waals surface area contributed by atoms with Gasteiger partial charge in [-0.3, -0.25) is 4.79 Å². The van der Waals surface area contributed by atoms with Gasteiger partial charge in [0.15, 0.2) is 0 Å². The number of aryl methyl sites for hydroxylation is 2. The van der Waals surface area contributed by atoms with Gasteiger partial charge < -0.3 is 5.32 Å². The smallest absolute Gasteiger partial charge is 0.242 e. The number of carbonyl (C=O) groups is 1. The first-order chi connectivity index (χ1) is 14.2. The summed E-state index contributed by atoms with van der Waals surface area (Å²) in [6.07, 6.45) is 0.206. The zero-order valence-corrected chi connectivity index (χ0v) is 18.3. The summed E-state index contributed by atoms with van der Waals surface area (Å²) in [7, 11) is -3.89. The van der Waals surface area contributed by atoms with Crippen LogP contribution in [0.2, 0.25) is 5.02 Å². The van der Waals surface area contributed by atoms with Crippen LogP contribution in [0.15, 0.2) is 77.7 Å². The van der Waals surface area contributed by atoms with Crippen LogP contribution in [-0.4, -0.2) is 20.4 Å². The van der Waals surface area contributed by atoms with Crippen molar-refractivity contribution < 1.29 is 13.2 Å². The number of rotatable bonds is 7. The van der Waals surface area contributed by atoms with Crippen molar-refractivity contribution in [3.63, 3.8) is 0 Å². The minimum Gasteiger partial charge on any atom is -0.324 e. The van der Waals surface area contributed by atoms with Gasteiger partial charge in [-0.15, -0.1) is 0 Å². The number of sulfonamides is 1. The zero-order chi connectivity index (χ0) is 21.7. The Morgan fingerprint density at radius 1 is 0.967 bits per heavy atom. The standard InChI is InChI=1S/C23H23ClN2O3S/c1-16-8-12-20(13-9-16)30(28,29)26-22(14-18-6-4-3-5-7-18)23(27)25-21-15-19(24)11-10-17(21)2/h3-13,15,22,26H,14H2,1-2H3,(H,25,27)/t22-/m0/s1. The van der Waals surface area contributed by atoms with Gasteiger partial charge in [-0.05, 0) is 55.7 Å². The van der Waals surface area contributed by atoms with Crippen molar-refractivity contribution in [2.45, 2.75) is 31.2 Å². The Labute approximate surface area is 182 Å². The van der Waals surface area contributed by atoms with Gasteiger partial charge in [0, 0.05) is 10.7 Å². The number of benzene rings is 3. The normalized spacial score (nSPS) is 12.4. The second-order valence-corrected chi connectivity index (χ2v) is 9.28. The van der Waals surface area contributed by atoms with E-state index >= 15 is 0 Å². The molecule has 2 N–H and O–H groups in total. The van der Waals surface area contributed by atoms with Crippen LogP contribution in [0.1, 0.15) is 16.7 Å². The van der Waals surface area contributed by atoms with E-state index in [9.17, 15) is 13.2 Å². The van der Waals surface area contributed by atoms with Gasteiger partial charge in [0.1, 0.15) is 6.04 Å². The molecule has 0 bridgehead atoms. The summed E-state index contributed by atoms with van der Waals surface area (Å²) in [6.45, 7) is 3.72. The molecule has 0 unspecified atom stereocenters. The maximum absolute atomic E-state index is 13.1. The third kappa shape index (κ3) is 5.69. The highest BCUT2D eigenvalue weighted by Gasteiger charge is 2.26. The lowest BCUT2D eigenvalue weighted by Gasteiger charge is -2.20. The predicted molar refractivity (Wildman–Crippen MR) is 120 cm³/mol. The van der Waals surface area contributed by atoms with Crippen LogP contribution in [0.25, 0.3) is 0 Å². The molecule has 1 amide bonds. The molecule has 0 heterocycles. The molecule has 3 aromatic carbocycles. The van der Waals surface area contributed by atoms with Crippen molar-refractivity contribution in [1.82, 2.24) is 4.72 Å². The van der Waals surface area contributed by atoms with E-state index in [1.807, 2.05) is 44.2 Å². The first-order valence-electron chi connectivity index (χ1n) is 9.44. The SMILES string of the molecule is Cc1ccc(S(=O)(=O)N[C@@H](Cc2ccccc2)C(=O)Nc2cc(Cl)ccc2C)cc1. The summed E-state index contributed by atoms with van der Waals surface area (Å²) in [5.74, 6) is -0.458. The topological polar surface area (TPSA) is 75.3 Å². The van der Waals surface area contributed by atoms with Crippen LogP contribution in [-0.2, 0) is 21.2 Å². The number of anilines is 1. The average Bonchev–Trinajstić information content (AvgIpc) is 2.71. The minimum atomic E-state index is -3.89. The Morgan fingerprint density at radius 3 is 2.30 bits per heavy atom. The fraction of sp³-hybridized carbons (Fsp3) is 0.174. The fourth-order valence-electron chi connectivity index (χ4n) is 2.96. The molecule has 0 aromatic heterocycles. The molecular weight excluding hydrogens is 420 g/mol. The number of carbonyl (C=O) groups excluding carboxylic acids is 1. The predicted octanol–water partition coefficient (Wildman–Crippen LogP) is 4.49. The molecule has 0 aliphatic heterocycles. The average molecular weight is 443 g/mol. The molecule has 156 valence electrons. The number of halogens is 1. The Morgan fingerprint density at radius 2 is 1.63 bits per heavy atom. The van der Waals surface area contributed by atoms with Crippen LogP contribution in [0.4, 0.5) is 5.69 Å². The van der Waals surface area contributed by atoms with Crippen molar-refractivity contribution in [1.29, 1.82) is 0 Å². The number of nitrogens with one attached hydrogen (secondary N) is 2. The molecule has 0 fully saturated rings. The number of hydrogen-bond donors (Lipinski definition) is 2. The summed E-state index contributed by atoms with van der Waals surface area (Å²) in [5, 5.41) is 3.29. The van der Waals surface area contributed by atoms with E-state index in [0.717, 1.165) is 16.7 Å². The third-order valence-corrected chi connectivity index (χ3v) is 6.41. The van der Waals surface area contributed by atoms with Gasteiger partial charge in [-0.2, -0.15) is 4.72 Å². The van der Waals surface area contributed by atoms with Crippen molar-refractivity contribution >= 4 is 33.2 Å². The number of hydrogen-bond acceptors (Lipinski definition) is 3. The molecular formula is C23H23ClN2O3S.